The first-order valence-electron chi connectivity index (χ1n) is 4.38. The minimum atomic E-state index is -0.957. The van der Waals surface area contributed by atoms with Crippen LogP contribution in [0.25, 0.3) is 0 Å². The molecule has 1 aliphatic heterocycles. The molecule has 0 radical (unpaired) electrons. The van der Waals surface area contributed by atoms with Gasteiger partial charge in [0.25, 0.3) is 0 Å². The van der Waals surface area contributed by atoms with Gasteiger partial charge in [0.1, 0.15) is 5.75 Å². The number of aromatic carboxylic acids is 1. The standard InChI is InChI=1S/C10H10O4/c11-9-5-4-6-7(10(12)13)2-1-3-8(6)14-9/h1-3,9,11H,4-5H2,(H,12,13). The van der Waals surface area contributed by atoms with E-state index in [1.165, 1.54) is 0 Å². The van der Waals surface area contributed by atoms with Crippen LogP contribution < -0.4 is 4.74 Å². The summed E-state index contributed by atoms with van der Waals surface area (Å²) >= 11 is 0. The Labute approximate surface area is 80.7 Å². The maximum atomic E-state index is 10.8. The second-order valence-corrected chi connectivity index (χ2v) is 3.20. The predicted molar refractivity (Wildman–Crippen MR) is 48.4 cm³/mol. The molecule has 4 heteroatoms. The van der Waals surface area contributed by atoms with Crippen LogP contribution in [0.15, 0.2) is 18.2 Å². The van der Waals surface area contributed by atoms with E-state index in [-0.39, 0.29) is 5.56 Å². The predicted octanol–water partition coefficient (Wildman–Crippen LogP) is 1.03. The number of fused-ring (bicyclic) bond motifs is 1. The molecule has 1 heterocycles. The Balaban J connectivity index is 2.46. The third kappa shape index (κ3) is 1.44. The van der Waals surface area contributed by atoms with E-state index in [1.54, 1.807) is 18.2 Å². The lowest BCUT2D eigenvalue weighted by Gasteiger charge is -2.22. The van der Waals surface area contributed by atoms with Gasteiger partial charge in [-0.15, -0.1) is 0 Å². The van der Waals surface area contributed by atoms with Crippen molar-refractivity contribution < 1.29 is 19.7 Å². The molecule has 4 nitrogen and oxygen atoms in total. The average Bonchev–Trinajstić information content (AvgIpc) is 2.16. The molecule has 1 aromatic rings. The lowest BCUT2D eigenvalue weighted by molar-refractivity contribution is -0.0318. The van der Waals surface area contributed by atoms with Gasteiger partial charge in [0.05, 0.1) is 5.56 Å². The first kappa shape index (κ1) is 9.02. The van der Waals surface area contributed by atoms with Crippen molar-refractivity contribution >= 4 is 5.97 Å². The van der Waals surface area contributed by atoms with Crippen LogP contribution in [0, 0.1) is 0 Å². The van der Waals surface area contributed by atoms with Gasteiger partial charge >= 0.3 is 5.97 Å². The van der Waals surface area contributed by atoms with E-state index < -0.39 is 12.3 Å². The largest absolute Gasteiger partial charge is 0.478 e. The Bertz CT molecular complexity index is 372. The fourth-order valence-electron chi connectivity index (χ4n) is 1.61. The SMILES string of the molecule is O=C(O)c1cccc2c1CCC(O)O2. The molecule has 1 unspecified atom stereocenters. The van der Waals surface area contributed by atoms with Crippen molar-refractivity contribution in [2.45, 2.75) is 19.1 Å². The Hall–Kier alpha value is -1.55. The number of hydrogen-bond acceptors (Lipinski definition) is 3. The zero-order chi connectivity index (χ0) is 10.1. The van der Waals surface area contributed by atoms with E-state index in [0.29, 0.717) is 24.2 Å². The number of hydrogen-bond donors (Lipinski definition) is 2. The molecule has 2 rings (SSSR count). The van der Waals surface area contributed by atoms with Crippen molar-refractivity contribution in [2.24, 2.45) is 0 Å². The number of ether oxygens (including phenoxy) is 1. The van der Waals surface area contributed by atoms with Crippen LogP contribution >= 0.6 is 0 Å². The summed E-state index contributed by atoms with van der Waals surface area (Å²) in [7, 11) is 0. The summed E-state index contributed by atoms with van der Waals surface area (Å²) in [6.45, 7) is 0. The van der Waals surface area contributed by atoms with Crippen LogP contribution in [0.1, 0.15) is 22.3 Å². The van der Waals surface area contributed by atoms with Gasteiger partial charge in [-0.25, -0.2) is 4.79 Å². The molecule has 0 saturated carbocycles. The average molecular weight is 194 g/mol. The second kappa shape index (κ2) is 3.31. The van der Waals surface area contributed by atoms with Gasteiger partial charge in [0.2, 0.25) is 0 Å². The van der Waals surface area contributed by atoms with Crippen LogP contribution in [-0.4, -0.2) is 22.5 Å². The Morgan fingerprint density at radius 2 is 2.29 bits per heavy atom. The van der Waals surface area contributed by atoms with Gasteiger partial charge in [-0.1, -0.05) is 6.07 Å². The first-order valence-corrected chi connectivity index (χ1v) is 4.38. The van der Waals surface area contributed by atoms with E-state index in [0.717, 1.165) is 0 Å². The molecule has 0 bridgehead atoms. The van der Waals surface area contributed by atoms with Crippen LogP contribution in [0.2, 0.25) is 0 Å². The van der Waals surface area contributed by atoms with Gasteiger partial charge in [-0.3, -0.25) is 0 Å². The Kier molecular flexibility index (Phi) is 2.13. The van der Waals surface area contributed by atoms with Crippen molar-refractivity contribution in [1.29, 1.82) is 0 Å². The molecule has 0 spiro atoms. The first-order chi connectivity index (χ1) is 6.68. The van der Waals surface area contributed by atoms with E-state index in [4.69, 9.17) is 9.84 Å². The summed E-state index contributed by atoms with van der Waals surface area (Å²) in [5.41, 5.74) is 0.930. The molecule has 1 aromatic carbocycles. The number of aliphatic hydroxyl groups is 1. The Morgan fingerprint density at radius 1 is 1.50 bits per heavy atom. The van der Waals surface area contributed by atoms with Crippen molar-refractivity contribution in [1.82, 2.24) is 0 Å². The van der Waals surface area contributed by atoms with Gasteiger partial charge in [0, 0.05) is 12.0 Å². The molecular weight excluding hydrogens is 184 g/mol. The quantitative estimate of drug-likeness (QED) is 0.700. The Morgan fingerprint density at radius 3 is 3.00 bits per heavy atom. The number of carboxylic acid groups (broad SMARTS) is 1. The zero-order valence-electron chi connectivity index (χ0n) is 7.43. The molecule has 0 fully saturated rings. The van der Waals surface area contributed by atoms with Gasteiger partial charge in [0.15, 0.2) is 6.29 Å². The molecule has 0 saturated heterocycles. The van der Waals surface area contributed by atoms with E-state index >= 15 is 0 Å². The van der Waals surface area contributed by atoms with Crippen molar-refractivity contribution in [3.05, 3.63) is 29.3 Å². The number of benzene rings is 1. The summed E-state index contributed by atoms with van der Waals surface area (Å²) in [4.78, 5) is 10.8. The highest BCUT2D eigenvalue weighted by atomic mass is 16.6. The molecule has 0 aromatic heterocycles. The molecule has 1 aliphatic rings. The third-order valence-electron chi connectivity index (χ3n) is 2.27. The van der Waals surface area contributed by atoms with E-state index in [2.05, 4.69) is 0 Å². The summed E-state index contributed by atoms with van der Waals surface area (Å²) in [6, 6.07) is 4.83. The minimum Gasteiger partial charge on any atom is -0.478 e. The van der Waals surface area contributed by atoms with Crippen LogP contribution in [0.4, 0.5) is 0 Å². The van der Waals surface area contributed by atoms with Gasteiger partial charge < -0.3 is 14.9 Å². The fraction of sp³-hybridized carbons (Fsp3) is 0.300. The third-order valence-corrected chi connectivity index (χ3v) is 2.27. The van der Waals surface area contributed by atoms with Gasteiger partial charge in [-0.2, -0.15) is 0 Å². The summed E-state index contributed by atoms with van der Waals surface area (Å²) < 4.78 is 5.11. The highest BCUT2D eigenvalue weighted by molar-refractivity contribution is 5.90. The lowest BCUT2D eigenvalue weighted by Crippen LogP contribution is -2.23. The number of rotatable bonds is 1. The van der Waals surface area contributed by atoms with Gasteiger partial charge in [-0.05, 0) is 18.6 Å². The molecular formula is C10H10O4. The number of aliphatic hydroxyl groups excluding tert-OH is 1. The van der Waals surface area contributed by atoms with Crippen LogP contribution in [0.3, 0.4) is 0 Å². The molecule has 2 N–H and O–H groups in total. The monoisotopic (exact) mass is 194 g/mol. The van der Waals surface area contributed by atoms with E-state index in [9.17, 15) is 9.90 Å². The molecule has 74 valence electrons. The van der Waals surface area contributed by atoms with Crippen molar-refractivity contribution in [3.8, 4) is 5.75 Å². The molecule has 1 atom stereocenters. The molecule has 14 heavy (non-hydrogen) atoms. The summed E-state index contributed by atoms with van der Waals surface area (Å²) in [5, 5.41) is 18.1. The zero-order valence-corrected chi connectivity index (χ0v) is 7.43. The topological polar surface area (TPSA) is 66.8 Å². The maximum Gasteiger partial charge on any atom is 0.336 e. The van der Waals surface area contributed by atoms with Crippen molar-refractivity contribution in [2.75, 3.05) is 0 Å². The minimum absolute atomic E-state index is 0.259. The second-order valence-electron chi connectivity index (χ2n) is 3.20. The highest BCUT2D eigenvalue weighted by Gasteiger charge is 2.22. The number of carbonyl (C=O) groups is 1. The van der Waals surface area contributed by atoms with Crippen molar-refractivity contribution in [3.63, 3.8) is 0 Å². The summed E-state index contributed by atoms with van der Waals surface area (Å²) in [6.07, 6.45) is 0.169. The summed E-state index contributed by atoms with van der Waals surface area (Å²) in [5.74, 6) is -0.481. The highest BCUT2D eigenvalue weighted by Crippen LogP contribution is 2.29. The fourth-order valence-corrected chi connectivity index (χ4v) is 1.61. The molecule has 0 amide bonds. The maximum absolute atomic E-state index is 10.8. The van der Waals surface area contributed by atoms with Crippen LogP contribution in [0.5, 0.6) is 5.75 Å². The van der Waals surface area contributed by atoms with E-state index in [1.807, 2.05) is 0 Å². The smallest absolute Gasteiger partial charge is 0.336 e. The van der Waals surface area contributed by atoms with Crippen LogP contribution in [-0.2, 0) is 6.42 Å². The number of carboxylic acids is 1. The molecule has 0 aliphatic carbocycles. The normalized spacial score (nSPS) is 19.6. The lowest BCUT2D eigenvalue weighted by atomic mass is 9.99.